The Labute approximate surface area is 84.4 Å². The molecule has 0 atom stereocenters. The van der Waals surface area contributed by atoms with Crippen LogP contribution in [-0.2, 0) is 27.0 Å². The summed E-state index contributed by atoms with van der Waals surface area (Å²) in [4.78, 5) is 19.8. The van der Waals surface area contributed by atoms with Crippen LogP contribution in [0, 0.1) is 0 Å². The van der Waals surface area contributed by atoms with E-state index in [1.165, 1.54) is 0 Å². The second-order valence-electron chi connectivity index (χ2n) is 2.02. The third kappa shape index (κ3) is 5.24. The number of alkyl halides is 6. The van der Waals surface area contributed by atoms with Crippen molar-refractivity contribution in [1.82, 2.24) is 0 Å². The first-order chi connectivity index (χ1) is 5.55. The van der Waals surface area contributed by atoms with E-state index in [-0.39, 0.29) is 17.4 Å². The summed E-state index contributed by atoms with van der Waals surface area (Å²) in [5, 5.41) is 0. The molecule has 0 aromatic rings. The predicted octanol–water partition coefficient (Wildman–Crippen LogP) is 1.64. The number of ketones is 2. The third-order valence-corrected chi connectivity index (χ3v) is 0.953. The van der Waals surface area contributed by atoms with Gasteiger partial charge in [0, 0.05) is 0 Å². The van der Waals surface area contributed by atoms with Crippen molar-refractivity contribution >= 4 is 11.6 Å². The molecular formula is C5H2CrF6O2+3. The zero-order valence-corrected chi connectivity index (χ0v) is 7.47. The summed E-state index contributed by atoms with van der Waals surface area (Å²) in [6, 6.07) is 0. The monoisotopic (exact) mass is 260 g/mol. The summed E-state index contributed by atoms with van der Waals surface area (Å²) in [5.74, 6) is -5.40. The Kier molecular flexibility index (Phi) is 5.45. The van der Waals surface area contributed by atoms with E-state index in [0.29, 0.717) is 0 Å². The van der Waals surface area contributed by atoms with E-state index in [1.54, 1.807) is 0 Å². The van der Waals surface area contributed by atoms with Crippen LogP contribution in [0.2, 0.25) is 0 Å². The van der Waals surface area contributed by atoms with Crippen molar-refractivity contribution in [3.63, 3.8) is 0 Å². The van der Waals surface area contributed by atoms with Crippen LogP contribution in [0.3, 0.4) is 0 Å². The Hall–Kier alpha value is -0.548. The third-order valence-electron chi connectivity index (χ3n) is 0.953. The van der Waals surface area contributed by atoms with Gasteiger partial charge in [-0.25, -0.2) is 0 Å². The standard InChI is InChI=1S/C5H2F6O2.Cr/c6-4(7,8)2(12)1-3(13)5(9,10)11;/h1H2;/q;+3. The van der Waals surface area contributed by atoms with Gasteiger partial charge in [-0.3, -0.25) is 9.59 Å². The maximum absolute atomic E-state index is 11.3. The van der Waals surface area contributed by atoms with Gasteiger partial charge in [0.05, 0.1) is 6.42 Å². The van der Waals surface area contributed by atoms with Gasteiger partial charge in [0.2, 0.25) is 11.6 Å². The molecule has 0 aromatic carbocycles. The van der Waals surface area contributed by atoms with Gasteiger partial charge in [-0.2, -0.15) is 26.3 Å². The molecule has 9 heteroatoms. The molecule has 0 N–H and O–H groups in total. The van der Waals surface area contributed by atoms with Crippen molar-refractivity contribution in [3.8, 4) is 0 Å². The average Bonchev–Trinajstić information content (AvgIpc) is 1.82. The van der Waals surface area contributed by atoms with Crippen LogP contribution < -0.4 is 0 Å². The fourth-order valence-corrected chi connectivity index (χ4v) is 0.346. The van der Waals surface area contributed by atoms with Gasteiger partial charge in [-0.15, -0.1) is 0 Å². The Balaban J connectivity index is 0. The molecular weight excluding hydrogens is 258 g/mol. The first kappa shape index (κ1) is 15.9. The first-order valence-electron chi connectivity index (χ1n) is 2.75. The van der Waals surface area contributed by atoms with Gasteiger partial charge in [0.25, 0.3) is 0 Å². The molecule has 0 unspecified atom stereocenters. The van der Waals surface area contributed by atoms with Gasteiger partial charge in [-0.1, -0.05) is 0 Å². The van der Waals surface area contributed by atoms with Crippen LogP contribution in [0.25, 0.3) is 0 Å². The SMILES string of the molecule is O=C(CC(=O)C(F)(F)F)C(F)(F)F.[Cr+3]. The van der Waals surface area contributed by atoms with E-state index >= 15 is 0 Å². The molecule has 2 nitrogen and oxygen atoms in total. The Morgan fingerprint density at radius 3 is 1.14 bits per heavy atom. The van der Waals surface area contributed by atoms with Crippen molar-refractivity contribution in [2.24, 2.45) is 0 Å². The van der Waals surface area contributed by atoms with Gasteiger partial charge in [0.15, 0.2) is 0 Å². The maximum atomic E-state index is 11.3. The summed E-state index contributed by atoms with van der Waals surface area (Å²) in [5.41, 5.74) is 0. The normalized spacial score (nSPS) is 11.9. The topological polar surface area (TPSA) is 34.1 Å². The van der Waals surface area contributed by atoms with Crippen LogP contribution in [0.1, 0.15) is 6.42 Å². The quantitative estimate of drug-likeness (QED) is 0.558. The minimum atomic E-state index is -5.40. The minimum Gasteiger partial charge on any atom is -0.289 e. The number of Topliss-reactive ketones (excluding diaryl/α,β-unsaturated/α-hetero) is 2. The van der Waals surface area contributed by atoms with Gasteiger partial charge in [0.1, 0.15) is 0 Å². The fraction of sp³-hybridized carbons (Fsp3) is 0.600. The molecule has 0 aliphatic rings. The zero-order chi connectivity index (χ0) is 10.9. The van der Waals surface area contributed by atoms with Crippen LogP contribution in [0.15, 0.2) is 0 Å². The van der Waals surface area contributed by atoms with Crippen LogP contribution in [0.5, 0.6) is 0 Å². The van der Waals surface area contributed by atoms with Crippen molar-refractivity contribution in [3.05, 3.63) is 0 Å². The van der Waals surface area contributed by atoms with E-state index < -0.39 is 30.3 Å². The molecule has 0 aliphatic heterocycles. The maximum Gasteiger partial charge on any atom is 3.00 e. The summed E-state index contributed by atoms with van der Waals surface area (Å²) in [6.45, 7) is 0. The number of carbonyl (C=O) groups is 2. The van der Waals surface area contributed by atoms with Crippen molar-refractivity contribution in [1.29, 1.82) is 0 Å². The van der Waals surface area contributed by atoms with E-state index in [0.717, 1.165) is 0 Å². The van der Waals surface area contributed by atoms with Crippen LogP contribution >= 0.6 is 0 Å². The number of hydrogen-bond acceptors (Lipinski definition) is 2. The molecule has 1 radical (unpaired) electrons. The Morgan fingerprint density at radius 2 is 1.00 bits per heavy atom. The molecule has 0 amide bonds. The van der Waals surface area contributed by atoms with E-state index in [2.05, 4.69) is 0 Å². The molecule has 14 heavy (non-hydrogen) atoms. The molecule has 0 aromatic heterocycles. The summed E-state index contributed by atoms with van der Waals surface area (Å²) in [7, 11) is 0. The summed E-state index contributed by atoms with van der Waals surface area (Å²) in [6.07, 6.45) is -13.0. The van der Waals surface area contributed by atoms with Crippen molar-refractivity contribution < 1.29 is 53.3 Å². The molecule has 0 bridgehead atoms. The summed E-state index contributed by atoms with van der Waals surface area (Å²) < 4.78 is 68.0. The Bertz CT molecular complexity index is 205. The smallest absolute Gasteiger partial charge is 0.289 e. The molecule has 0 aliphatic carbocycles. The molecule has 0 saturated heterocycles. The largest absolute Gasteiger partial charge is 3.00 e. The molecule has 0 heterocycles. The fourth-order valence-electron chi connectivity index (χ4n) is 0.346. The Morgan fingerprint density at radius 1 is 0.786 bits per heavy atom. The van der Waals surface area contributed by atoms with E-state index in [1.807, 2.05) is 0 Å². The van der Waals surface area contributed by atoms with Crippen molar-refractivity contribution in [2.75, 3.05) is 0 Å². The minimum absolute atomic E-state index is 0. The molecule has 0 spiro atoms. The molecule has 0 rings (SSSR count). The molecule has 0 fully saturated rings. The van der Waals surface area contributed by atoms with Crippen LogP contribution in [0.4, 0.5) is 26.3 Å². The zero-order valence-electron chi connectivity index (χ0n) is 6.20. The first-order valence-corrected chi connectivity index (χ1v) is 2.75. The van der Waals surface area contributed by atoms with Crippen molar-refractivity contribution in [2.45, 2.75) is 18.8 Å². The summed E-state index contributed by atoms with van der Waals surface area (Å²) >= 11 is 0. The predicted molar refractivity (Wildman–Crippen MR) is 26.7 cm³/mol. The van der Waals surface area contributed by atoms with Gasteiger partial charge < -0.3 is 0 Å². The number of carbonyl (C=O) groups excluding carboxylic acids is 2. The van der Waals surface area contributed by atoms with E-state index in [4.69, 9.17) is 0 Å². The molecule has 79 valence electrons. The second kappa shape index (κ2) is 4.80. The molecule has 0 saturated carbocycles. The number of halogens is 6. The number of hydrogen-bond donors (Lipinski definition) is 0. The number of rotatable bonds is 2. The average molecular weight is 260 g/mol. The second-order valence-corrected chi connectivity index (χ2v) is 2.02. The van der Waals surface area contributed by atoms with Gasteiger partial charge >= 0.3 is 29.7 Å². The van der Waals surface area contributed by atoms with Crippen LogP contribution in [-0.4, -0.2) is 23.9 Å². The van der Waals surface area contributed by atoms with Gasteiger partial charge in [-0.05, 0) is 0 Å². The van der Waals surface area contributed by atoms with E-state index in [9.17, 15) is 35.9 Å².